The number of nitrogens with zero attached hydrogens (tertiary/aromatic N) is 2. The van der Waals surface area contributed by atoms with Gasteiger partial charge in [0.15, 0.2) is 4.77 Å². The van der Waals surface area contributed by atoms with E-state index in [9.17, 15) is 0 Å². The van der Waals surface area contributed by atoms with Crippen LogP contribution in [-0.4, -0.2) is 9.55 Å². The van der Waals surface area contributed by atoms with Gasteiger partial charge in [0.25, 0.3) is 0 Å². The molecule has 1 heterocycles. The summed E-state index contributed by atoms with van der Waals surface area (Å²) < 4.78 is 2.93. The van der Waals surface area contributed by atoms with Crippen molar-refractivity contribution in [3.63, 3.8) is 0 Å². The van der Waals surface area contributed by atoms with E-state index in [1.54, 1.807) is 0 Å². The zero-order valence-electron chi connectivity index (χ0n) is 8.73. The molecular formula is C12H11N3S. The molecule has 1 aromatic carbocycles. The smallest absolute Gasteiger partial charge is 0.178 e. The van der Waals surface area contributed by atoms with Crippen molar-refractivity contribution in [2.45, 2.75) is 25.3 Å². The summed E-state index contributed by atoms with van der Waals surface area (Å²) in [5, 5.41) is 8.91. The molecule has 0 atom stereocenters. The first-order valence-corrected chi connectivity index (χ1v) is 5.85. The van der Waals surface area contributed by atoms with Gasteiger partial charge < -0.3 is 9.55 Å². The lowest BCUT2D eigenvalue weighted by Gasteiger charge is -2.27. The predicted octanol–water partition coefficient (Wildman–Crippen LogP) is 3.30. The predicted molar refractivity (Wildman–Crippen MR) is 64.7 cm³/mol. The lowest BCUT2D eigenvalue weighted by molar-refractivity contribution is 0.318. The van der Waals surface area contributed by atoms with Crippen LogP contribution in [0.5, 0.6) is 0 Å². The maximum atomic E-state index is 8.91. The highest BCUT2D eigenvalue weighted by Gasteiger charge is 2.22. The lowest BCUT2D eigenvalue weighted by atomic mass is 9.93. The normalized spacial score (nSPS) is 15.9. The Morgan fingerprint density at radius 1 is 1.44 bits per heavy atom. The van der Waals surface area contributed by atoms with Gasteiger partial charge in [-0.15, -0.1) is 0 Å². The molecule has 3 rings (SSSR count). The fraction of sp³-hybridized carbons (Fsp3) is 0.333. The van der Waals surface area contributed by atoms with Crippen LogP contribution in [0.2, 0.25) is 0 Å². The lowest BCUT2D eigenvalue weighted by Crippen LogP contribution is -2.16. The molecule has 0 unspecified atom stereocenters. The van der Waals surface area contributed by atoms with E-state index in [1.807, 2.05) is 18.2 Å². The molecule has 16 heavy (non-hydrogen) atoms. The minimum Gasteiger partial charge on any atom is -0.331 e. The molecule has 0 saturated heterocycles. The van der Waals surface area contributed by atoms with E-state index >= 15 is 0 Å². The molecule has 1 aliphatic carbocycles. The number of benzene rings is 1. The standard InChI is InChI=1S/C12H11N3S/c13-7-8-4-5-10-11(6-8)15(12(16)14-10)9-2-1-3-9/h4-6,9H,1-3H2,(H,14,16). The number of hydrogen-bond donors (Lipinski definition) is 1. The molecule has 1 N–H and O–H groups in total. The summed E-state index contributed by atoms with van der Waals surface area (Å²) >= 11 is 5.33. The average molecular weight is 229 g/mol. The first-order chi connectivity index (χ1) is 7.79. The van der Waals surface area contributed by atoms with Gasteiger partial charge in [0, 0.05) is 6.04 Å². The third-order valence-corrected chi connectivity index (χ3v) is 3.59. The summed E-state index contributed by atoms with van der Waals surface area (Å²) in [5.74, 6) is 0. The van der Waals surface area contributed by atoms with Crippen molar-refractivity contribution in [1.82, 2.24) is 9.55 Å². The second-order valence-electron chi connectivity index (χ2n) is 4.23. The van der Waals surface area contributed by atoms with Crippen LogP contribution in [0.15, 0.2) is 18.2 Å². The number of hydrogen-bond acceptors (Lipinski definition) is 2. The molecule has 1 saturated carbocycles. The van der Waals surface area contributed by atoms with Crippen molar-refractivity contribution < 1.29 is 0 Å². The maximum Gasteiger partial charge on any atom is 0.178 e. The monoisotopic (exact) mass is 229 g/mol. The second kappa shape index (κ2) is 3.46. The summed E-state index contributed by atoms with van der Waals surface area (Å²) in [6.45, 7) is 0. The minimum absolute atomic E-state index is 0.523. The van der Waals surface area contributed by atoms with Crippen LogP contribution in [-0.2, 0) is 0 Å². The Balaban J connectivity index is 2.29. The van der Waals surface area contributed by atoms with E-state index in [0.717, 1.165) is 15.8 Å². The van der Waals surface area contributed by atoms with Gasteiger partial charge in [0.05, 0.1) is 22.7 Å². The Morgan fingerprint density at radius 3 is 2.88 bits per heavy atom. The molecule has 0 radical (unpaired) electrons. The van der Waals surface area contributed by atoms with Gasteiger partial charge >= 0.3 is 0 Å². The Labute approximate surface area is 98.3 Å². The van der Waals surface area contributed by atoms with Gasteiger partial charge in [0.1, 0.15) is 0 Å². The minimum atomic E-state index is 0.523. The summed E-state index contributed by atoms with van der Waals surface area (Å²) in [4.78, 5) is 3.20. The van der Waals surface area contributed by atoms with E-state index in [4.69, 9.17) is 17.5 Å². The molecule has 2 aromatic rings. The SMILES string of the molecule is N#Cc1ccc2[nH]c(=S)n(C3CCC3)c2c1. The van der Waals surface area contributed by atoms with Crippen LogP contribution in [0.25, 0.3) is 11.0 Å². The molecule has 4 heteroatoms. The van der Waals surface area contributed by atoms with Crippen LogP contribution in [0, 0.1) is 16.1 Å². The molecule has 1 aromatic heterocycles. The topological polar surface area (TPSA) is 44.5 Å². The Morgan fingerprint density at radius 2 is 2.25 bits per heavy atom. The number of imidazole rings is 1. The number of H-pyrrole nitrogens is 1. The van der Waals surface area contributed by atoms with Crippen molar-refractivity contribution in [3.8, 4) is 6.07 Å². The van der Waals surface area contributed by atoms with Gasteiger partial charge in [-0.05, 0) is 49.7 Å². The van der Waals surface area contributed by atoms with E-state index in [-0.39, 0.29) is 0 Å². The summed E-state index contributed by atoms with van der Waals surface area (Å²) in [6.07, 6.45) is 3.66. The fourth-order valence-corrected chi connectivity index (χ4v) is 2.56. The van der Waals surface area contributed by atoms with E-state index in [1.165, 1.54) is 19.3 Å². The van der Waals surface area contributed by atoms with Crippen molar-refractivity contribution in [1.29, 1.82) is 5.26 Å². The molecule has 1 fully saturated rings. The molecule has 0 amide bonds. The van der Waals surface area contributed by atoms with E-state index in [0.29, 0.717) is 11.6 Å². The van der Waals surface area contributed by atoms with Crippen LogP contribution >= 0.6 is 12.2 Å². The van der Waals surface area contributed by atoms with Gasteiger partial charge in [-0.2, -0.15) is 5.26 Å². The first kappa shape index (κ1) is 9.61. The fourth-order valence-electron chi connectivity index (χ4n) is 2.20. The number of fused-ring (bicyclic) bond motifs is 1. The molecule has 80 valence electrons. The zero-order chi connectivity index (χ0) is 11.1. The maximum absolute atomic E-state index is 8.91. The van der Waals surface area contributed by atoms with Gasteiger partial charge in [0.2, 0.25) is 0 Å². The Bertz CT molecular complexity index is 640. The van der Waals surface area contributed by atoms with Gasteiger partial charge in [-0.25, -0.2) is 0 Å². The highest BCUT2D eigenvalue weighted by atomic mass is 32.1. The molecule has 0 aliphatic heterocycles. The first-order valence-electron chi connectivity index (χ1n) is 5.44. The molecule has 0 spiro atoms. The average Bonchev–Trinajstić information content (AvgIpc) is 2.53. The van der Waals surface area contributed by atoms with Crippen molar-refractivity contribution >= 4 is 23.3 Å². The highest BCUT2D eigenvalue weighted by molar-refractivity contribution is 7.71. The third-order valence-electron chi connectivity index (χ3n) is 3.29. The zero-order valence-corrected chi connectivity index (χ0v) is 9.55. The number of rotatable bonds is 1. The van der Waals surface area contributed by atoms with Crippen LogP contribution in [0.3, 0.4) is 0 Å². The van der Waals surface area contributed by atoms with Crippen molar-refractivity contribution in [3.05, 3.63) is 28.5 Å². The quantitative estimate of drug-likeness (QED) is 0.762. The van der Waals surface area contributed by atoms with Crippen molar-refractivity contribution in [2.75, 3.05) is 0 Å². The molecular weight excluding hydrogens is 218 g/mol. The molecule has 3 nitrogen and oxygen atoms in total. The Kier molecular flexibility index (Phi) is 2.08. The number of nitrogens with one attached hydrogen (secondary N) is 1. The van der Waals surface area contributed by atoms with Crippen LogP contribution in [0.1, 0.15) is 30.9 Å². The molecule has 0 bridgehead atoms. The third kappa shape index (κ3) is 1.29. The highest BCUT2D eigenvalue weighted by Crippen LogP contribution is 2.34. The van der Waals surface area contributed by atoms with E-state index < -0.39 is 0 Å². The largest absolute Gasteiger partial charge is 0.331 e. The summed E-state index contributed by atoms with van der Waals surface area (Å²) in [7, 11) is 0. The van der Waals surface area contributed by atoms with Crippen LogP contribution in [0.4, 0.5) is 0 Å². The number of nitriles is 1. The van der Waals surface area contributed by atoms with Crippen molar-refractivity contribution in [2.24, 2.45) is 0 Å². The van der Waals surface area contributed by atoms with Gasteiger partial charge in [-0.3, -0.25) is 0 Å². The Hall–Kier alpha value is -1.60. The van der Waals surface area contributed by atoms with Gasteiger partial charge in [-0.1, -0.05) is 0 Å². The molecule has 1 aliphatic rings. The summed E-state index contributed by atoms with van der Waals surface area (Å²) in [6, 6.07) is 8.36. The number of aromatic nitrogens is 2. The second-order valence-corrected chi connectivity index (χ2v) is 4.62. The number of aromatic amines is 1. The van der Waals surface area contributed by atoms with E-state index in [2.05, 4.69) is 15.6 Å². The summed E-state index contributed by atoms with van der Waals surface area (Å²) in [5.41, 5.74) is 2.78. The van der Waals surface area contributed by atoms with Crippen LogP contribution < -0.4 is 0 Å².